The molecule has 1 N–H and O–H groups in total. The van der Waals surface area contributed by atoms with E-state index in [1.54, 1.807) is 23.1 Å². The number of nitrogens with one attached hydrogen (secondary N) is 1. The highest BCUT2D eigenvalue weighted by atomic mass is 16.2. The van der Waals surface area contributed by atoms with Crippen LogP contribution in [0.5, 0.6) is 0 Å². The molecule has 0 bridgehead atoms. The summed E-state index contributed by atoms with van der Waals surface area (Å²) in [5, 5.41) is 7.33. The van der Waals surface area contributed by atoms with Crippen molar-refractivity contribution in [1.29, 1.82) is 0 Å². The van der Waals surface area contributed by atoms with Gasteiger partial charge in [0.1, 0.15) is 0 Å². The molecule has 0 saturated carbocycles. The molecule has 1 aliphatic rings. The summed E-state index contributed by atoms with van der Waals surface area (Å²) in [5.74, 6) is -0.0805. The van der Waals surface area contributed by atoms with Gasteiger partial charge in [0.25, 0.3) is 5.91 Å². The molecule has 0 aliphatic carbocycles. The van der Waals surface area contributed by atoms with Crippen LogP contribution in [0.15, 0.2) is 36.9 Å². The lowest BCUT2D eigenvalue weighted by molar-refractivity contribution is -0.133. The molecular formula is C22H28N6O2. The number of hydrogen-bond donors (Lipinski definition) is 1. The number of carbonyl (C=O) groups excluding carboxylic acids is 2. The van der Waals surface area contributed by atoms with Crippen molar-refractivity contribution >= 4 is 22.8 Å². The Morgan fingerprint density at radius 3 is 2.70 bits per heavy atom. The van der Waals surface area contributed by atoms with Gasteiger partial charge in [-0.25, -0.2) is 4.98 Å². The first-order chi connectivity index (χ1) is 14.1. The number of fused-ring (bicyclic) bond motifs is 1. The lowest BCUT2D eigenvalue weighted by Gasteiger charge is -2.38. The molecule has 0 unspecified atom stereocenters. The van der Waals surface area contributed by atoms with E-state index in [0.717, 1.165) is 16.6 Å². The van der Waals surface area contributed by atoms with Crippen LogP contribution in [-0.4, -0.2) is 48.1 Å². The zero-order valence-corrected chi connectivity index (χ0v) is 18.1. The molecule has 3 heterocycles. The van der Waals surface area contributed by atoms with E-state index in [9.17, 15) is 9.59 Å². The third kappa shape index (κ3) is 3.58. The molecule has 2 aromatic heterocycles. The molecule has 158 valence electrons. The number of rotatable bonds is 4. The maximum Gasteiger partial charge on any atom is 0.251 e. The molecule has 0 spiro atoms. The largest absolute Gasteiger partial charge is 0.352 e. The van der Waals surface area contributed by atoms with Crippen LogP contribution in [0.2, 0.25) is 0 Å². The Morgan fingerprint density at radius 1 is 1.27 bits per heavy atom. The van der Waals surface area contributed by atoms with E-state index in [1.807, 2.05) is 62.8 Å². The predicted octanol–water partition coefficient (Wildman–Crippen LogP) is 2.42. The number of likely N-dealkylation sites (tertiary alicyclic amines) is 1. The second-order valence-corrected chi connectivity index (χ2v) is 9.06. The molecule has 4 rings (SSSR count). The van der Waals surface area contributed by atoms with Gasteiger partial charge < -0.3 is 14.8 Å². The fourth-order valence-electron chi connectivity index (χ4n) is 4.39. The van der Waals surface area contributed by atoms with E-state index in [1.165, 1.54) is 0 Å². The summed E-state index contributed by atoms with van der Waals surface area (Å²) in [6.45, 7) is 6.53. The van der Waals surface area contributed by atoms with Gasteiger partial charge in [-0.1, -0.05) is 0 Å². The van der Waals surface area contributed by atoms with E-state index in [0.29, 0.717) is 18.5 Å². The van der Waals surface area contributed by atoms with Crippen LogP contribution in [-0.2, 0) is 18.9 Å². The summed E-state index contributed by atoms with van der Waals surface area (Å²) in [5.41, 5.74) is 3.00. The number of carbonyl (C=O) groups is 2. The minimum Gasteiger partial charge on any atom is -0.352 e. The number of nitrogens with zero attached hydrogens (tertiary/aromatic N) is 5. The monoisotopic (exact) mass is 408 g/mol. The third-order valence-corrected chi connectivity index (χ3v) is 5.73. The fraction of sp³-hybridized carbons (Fsp3) is 0.455. The zero-order valence-electron chi connectivity index (χ0n) is 18.1. The Hall–Kier alpha value is -3.16. The highest BCUT2D eigenvalue weighted by Gasteiger charge is 2.45. The van der Waals surface area contributed by atoms with Gasteiger partial charge in [0, 0.05) is 55.8 Å². The normalized spacial score (nSPS) is 19.6. The summed E-state index contributed by atoms with van der Waals surface area (Å²) < 4.78 is 3.66. The van der Waals surface area contributed by atoms with Crippen molar-refractivity contribution in [3.05, 3.63) is 48.0 Å². The average Bonchev–Trinajstić information content (AvgIpc) is 3.36. The smallest absolute Gasteiger partial charge is 0.251 e. The molecule has 3 aromatic rings. The van der Waals surface area contributed by atoms with Crippen molar-refractivity contribution in [1.82, 2.24) is 29.5 Å². The molecule has 1 aliphatic heterocycles. The van der Waals surface area contributed by atoms with Crippen LogP contribution in [0.4, 0.5) is 0 Å². The molecule has 30 heavy (non-hydrogen) atoms. The van der Waals surface area contributed by atoms with E-state index in [2.05, 4.69) is 15.4 Å². The maximum atomic E-state index is 12.9. The van der Waals surface area contributed by atoms with Crippen LogP contribution in [0.1, 0.15) is 49.2 Å². The molecule has 8 nitrogen and oxygen atoms in total. The topological polar surface area (TPSA) is 85.0 Å². The van der Waals surface area contributed by atoms with Gasteiger partial charge in [-0.2, -0.15) is 5.10 Å². The van der Waals surface area contributed by atoms with Crippen molar-refractivity contribution in [3.8, 4) is 0 Å². The van der Waals surface area contributed by atoms with Crippen molar-refractivity contribution in [3.63, 3.8) is 0 Å². The van der Waals surface area contributed by atoms with Crippen molar-refractivity contribution in [2.75, 3.05) is 6.54 Å². The quantitative estimate of drug-likeness (QED) is 0.719. The van der Waals surface area contributed by atoms with Crippen molar-refractivity contribution < 1.29 is 9.59 Å². The Labute approximate surface area is 175 Å². The number of benzene rings is 1. The maximum absolute atomic E-state index is 12.9. The molecular weight excluding hydrogens is 380 g/mol. The highest BCUT2D eigenvalue weighted by Crippen LogP contribution is 2.42. The molecule has 1 fully saturated rings. The summed E-state index contributed by atoms with van der Waals surface area (Å²) in [4.78, 5) is 31.9. The van der Waals surface area contributed by atoms with Gasteiger partial charge in [0.2, 0.25) is 5.91 Å². The van der Waals surface area contributed by atoms with Crippen molar-refractivity contribution in [2.45, 2.75) is 38.8 Å². The Balaban J connectivity index is 1.54. The van der Waals surface area contributed by atoms with Crippen LogP contribution in [0.3, 0.4) is 0 Å². The van der Waals surface area contributed by atoms with Crippen LogP contribution in [0.25, 0.3) is 11.0 Å². The van der Waals surface area contributed by atoms with Crippen LogP contribution >= 0.6 is 0 Å². The zero-order chi connectivity index (χ0) is 21.6. The fourth-order valence-corrected chi connectivity index (χ4v) is 4.39. The highest BCUT2D eigenvalue weighted by molar-refractivity contribution is 5.97. The van der Waals surface area contributed by atoms with Gasteiger partial charge in [-0.15, -0.1) is 0 Å². The number of aryl methyl sites for hydroxylation is 2. The van der Waals surface area contributed by atoms with Crippen LogP contribution in [0, 0.1) is 5.92 Å². The number of amides is 2. The van der Waals surface area contributed by atoms with Gasteiger partial charge in [-0.3, -0.25) is 14.3 Å². The van der Waals surface area contributed by atoms with Gasteiger partial charge >= 0.3 is 0 Å². The first-order valence-electron chi connectivity index (χ1n) is 10.1. The molecule has 1 aromatic carbocycles. The van der Waals surface area contributed by atoms with E-state index in [-0.39, 0.29) is 29.3 Å². The first kappa shape index (κ1) is 20.1. The Morgan fingerprint density at radius 2 is 2.03 bits per heavy atom. The minimum atomic E-state index is -0.319. The van der Waals surface area contributed by atoms with Gasteiger partial charge in [0.05, 0.1) is 29.6 Å². The lowest BCUT2D eigenvalue weighted by atomic mass is 9.93. The summed E-state index contributed by atoms with van der Waals surface area (Å²) in [7, 11) is 3.79. The third-order valence-electron chi connectivity index (χ3n) is 5.73. The van der Waals surface area contributed by atoms with Gasteiger partial charge in [0.15, 0.2) is 0 Å². The lowest BCUT2D eigenvalue weighted by Crippen LogP contribution is -2.44. The standard InChI is InChI=1S/C22H28N6O2/c1-22(2,3)28-19(29)9-15(20(28)16-11-25-27(5)12-16)10-23-21(30)14-6-7-18-17(8-14)24-13-26(18)4/h6-8,11-13,15,20H,9-10H2,1-5H3,(H,23,30)/t15-,20+/m0/s1. The molecule has 8 heteroatoms. The number of imidazole rings is 1. The summed E-state index contributed by atoms with van der Waals surface area (Å²) in [6.07, 6.45) is 5.89. The predicted molar refractivity (Wildman–Crippen MR) is 114 cm³/mol. The number of hydrogen-bond acceptors (Lipinski definition) is 4. The molecule has 0 radical (unpaired) electrons. The first-order valence-corrected chi connectivity index (χ1v) is 10.1. The minimum absolute atomic E-state index is 0.0246. The molecule has 2 amide bonds. The summed E-state index contributed by atoms with van der Waals surface area (Å²) in [6, 6.07) is 5.38. The average molecular weight is 409 g/mol. The van der Waals surface area contributed by atoms with Crippen molar-refractivity contribution in [2.24, 2.45) is 20.0 Å². The van der Waals surface area contributed by atoms with E-state index >= 15 is 0 Å². The SMILES string of the molecule is Cn1cc([C@H]2[C@H](CNC(=O)c3ccc4c(c3)ncn4C)CC(=O)N2C(C)(C)C)cn1. The number of aromatic nitrogens is 4. The van der Waals surface area contributed by atoms with Crippen LogP contribution < -0.4 is 5.32 Å². The van der Waals surface area contributed by atoms with E-state index in [4.69, 9.17) is 0 Å². The summed E-state index contributed by atoms with van der Waals surface area (Å²) >= 11 is 0. The second kappa shape index (κ2) is 7.27. The molecule has 2 atom stereocenters. The molecule has 1 saturated heterocycles. The Bertz CT molecular complexity index is 1110. The second-order valence-electron chi connectivity index (χ2n) is 9.06. The van der Waals surface area contributed by atoms with Gasteiger partial charge in [-0.05, 0) is 39.0 Å². The Kier molecular flexibility index (Phi) is 4.88. The van der Waals surface area contributed by atoms with E-state index < -0.39 is 0 Å².